The molecule has 0 aliphatic rings. The van der Waals surface area contributed by atoms with Gasteiger partial charge < -0.3 is 20.6 Å². The van der Waals surface area contributed by atoms with E-state index in [0.717, 1.165) is 43.3 Å². The number of hydrogen-bond donors (Lipinski definition) is 3. The lowest BCUT2D eigenvalue weighted by Crippen LogP contribution is -2.48. The van der Waals surface area contributed by atoms with Gasteiger partial charge in [0.05, 0.1) is 17.0 Å². The Kier molecular flexibility index (Phi) is 13.4. The number of carbonyl (C=O) groups is 1. The molecule has 0 bridgehead atoms. The molecule has 2 atom stereocenters. The second kappa shape index (κ2) is 16.7. The highest BCUT2D eigenvalue weighted by Gasteiger charge is 2.25. The van der Waals surface area contributed by atoms with Crippen molar-refractivity contribution in [2.45, 2.75) is 57.2 Å². The summed E-state index contributed by atoms with van der Waals surface area (Å²) in [5, 5.41) is 17.0. The van der Waals surface area contributed by atoms with Crippen molar-refractivity contribution in [3.05, 3.63) is 101 Å². The zero-order chi connectivity index (χ0) is 32.3. The SMILES string of the molecule is CCc1cccc(CNC[C@@H](O)[C@H](Cc2cc(F)cc(F)c2)NC(=O)c2ccc(S(=O)(=O)N(C)CCN(CC)CC)cc2)c1. The molecule has 3 aromatic rings. The molecule has 0 aliphatic carbocycles. The number of benzene rings is 3. The van der Waals surface area contributed by atoms with Gasteiger partial charge in [-0.3, -0.25) is 4.79 Å². The molecule has 240 valence electrons. The molecule has 0 unspecified atom stereocenters. The van der Waals surface area contributed by atoms with E-state index < -0.39 is 39.7 Å². The fourth-order valence-corrected chi connectivity index (χ4v) is 6.05. The van der Waals surface area contributed by atoms with Gasteiger partial charge in [0.15, 0.2) is 0 Å². The Morgan fingerprint density at radius 3 is 2.14 bits per heavy atom. The van der Waals surface area contributed by atoms with E-state index in [0.29, 0.717) is 19.6 Å². The number of nitrogens with zero attached hydrogens (tertiary/aromatic N) is 2. The molecular formula is C33H44F2N4O4S. The molecule has 1 amide bonds. The van der Waals surface area contributed by atoms with Crippen LogP contribution in [0.4, 0.5) is 8.78 Å². The number of halogens is 2. The average Bonchev–Trinajstić information content (AvgIpc) is 3.00. The van der Waals surface area contributed by atoms with Crippen LogP contribution in [0.1, 0.15) is 47.8 Å². The molecule has 3 N–H and O–H groups in total. The van der Waals surface area contributed by atoms with Gasteiger partial charge in [0.2, 0.25) is 10.0 Å². The monoisotopic (exact) mass is 630 g/mol. The number of hydrogen-bond acceptors (Lipinski definition) is 6. The van der Waals surface area contributed by atoms with Crippen molar-refractivity contribution in [2.75, 3.05) is 39.8 Å². The fraction of sp³-hybridized carbons (Fsp3) is 0.424. The van der Waals surface area contributed by atoms with E-state index in [4.69, 9.17) is 0 Å². The minimum atomic E-state index is -3.76. The zero-order valence-corrected chi connectivity index (χ0v) is 26.7. The van der Waals surface area contributed by atoms with Crippen LogP contribution in [0.3, 0.4) is 0 Å². The smallest absolute Gasteiger partial charge is 0.251 e. The third kappa shape index (κ3) is 10.2. The molecule has 0 saturated heterocycles. The number of sulfonamides is 1. The highest BCUT2D eigenvalue weighted by atomic mass is 32.2. The predicted octanol–water partition coefficient (Wildman–Crippen LogP) is 3.98. The first kappa shape index (κ1) is 35.3. The number of aryl methyl sites for hydroxylation is 1. The van der Waals surface area contributed by atoms with Crippen LogP contribution in [-0.2, 0) is 29.4 Å². The number of aliphatic hydroxyl groups excluding tert-OH is 1. The van der Waals surface area contributed by atoms with E-state index in [-0.39, 0.29) is 29.0 Å². The summed E-state index contributed by atoms with van der Waals surface area (Å²) in [5.74, 6) is -2.07. The maximum atomic E-state index is 13.9. The Morgan fingerprint density at radius 2 is 1.52 bits per heavy atom. The normalized spacial score (nSPS) is 13.3. The summed E-state index contributed by atoms with van der Waals surface area (Å²) in [7, 11) is -2.24. The predicted molar refractivity (Wildman–Crippen MR) is 169 cm³/mol. The molecule has 3 aromatic carbocycles. The standard InChI is InChI=1S/C33H44F2N4O4S/c1-5-24-9-8-10-25(17-24)22-36-23-32(40)31(20-26-18-28(34)21-29(35)19-26)37-33(41)27-11-13-30(14-12-27)44(42,43)38(4)15-16-39(6-2)7-3/h8-14,17-19,21,31-32,36,40H,5-7,15-16,20,22-23H2,1-4H3,(H,37,41)/t31-,32+/m0/s1. The highest BCUT2D eigenvalue weighted by molar-refractivity contribution is 7.89. The molecule has 8 nitrogen and oxygen atoms in total. The van der Waals surface area contributed by atoms with Gasteiger partial charge in [0.25, 0.3) is 5.91 Å². The number of aliphatic hydroxyl groups is 1. The van der Waals surface area contributed by atoms with Crippen LogP contribution in [0.15, 0.2) is 71.6 Å². The fourth-order valence-electron chi connectivity index (χ4n) is 4.88. The molecule has 0 spiro atoms. The molecule has 0 aromatic heterocycles. The molecule has 3 rings (SSSR count). The van der Waals surface area contributed by atoms with Gasteiger partial charge in [-0.1, -0.05) is 45.0 Å². The lowest BCUT2D eigenvalue weighted by Gasteiger charge is -2.25. The van der Waals surface area contributed by atoms with E-state index in [1.54, 1.807) is 0 Å². The van der Waals surface area contributed by atoms with Crippen LogP contribution in [0.5, 0.6) is 0 Å². The Labute approximate surface area is 260 Å². The number of likely N-dealkylation sites (N-methyl/N-ethyl adjacent to an activating group) is 2. The molecule has 11 heteroatoms. The molecule has 0 saturated carbocycles. The largest absolute Gasteiger partial charge is 0.390 e. The van der Waals surface area contributed by atoms with Crippen molar-refractivity contribution < 1.29 is 27.1 Å². The number of amides is 1. The minimum absolute atomic E-state index is 0.0294. The first-order valence-electron chi connectivity index (χ1n) is 15.0. The van der Waals surface area contributed by atoms with E-state index in [1.807, 2.05) is 32.0 Å². The first-order valence-corrected chi connectivity index (χ1v) is 16.4. The topological polar surface area (TPSA) is 102 Å². The van der Waals surface area contributed by atoms with Gasteiger partial charge in [-0.25, -0.2) is 17.2 Å². The summed E-state index contributed by atoms with van der Waals surface area (Å²) in [5.41, 5.74) is 2.68. The maximum absolute atomic E-state index is 13.9. The zero-order valence-electron chi connectivity index (χ0n) is 25.9. The van der Waals surface area contributed by atoms with Gasteiger partial charge >= 0.3 is 0 Å². The number of rotatable bonds is 17. The second-order valence-electron chi connectivity index (χ2n) is 10.8. The van der Waals surface area contributed by atoms with Crippen LogP contribution in [0, 0.1) is 11.6 Å². The van der Waals surface area contributed by atoms with Gasteiger partial charge in [0.1, 0.15) is 11.6 Å². The molecule has 0 fully saturated rings. The van der Waals surface area contributed by atoms with E-state index in [9.17, 15) is 27.1 Å². The third-order valence-corrected chi connectivity index (χ3v) is 9.56. The molecule has 0 radical (unpaired) electrons. The lowest BCUT2D eigenvalue weighted by molar-refractivity contribution is 0.0829. The van der Waals surface area contributed by atoms with Crippen LogP contribution in [0.25, 0.3) is 0 Å². The Hall–Kier alpha value is -3.22. The van der Waals surface area contributed by atoms with Gasteiger partial charge in [0, 0.05) is 44.9 Å². The third-order valence-electron chi connectivity index (χ3n) is 7.69. The van der Waals surface area contributed by atoms with Crippen molar-refractivity contribution in [1.82, 2.24) is 19.8 Å². The van der Waals surface area contributed by atoms with Crippen molar-refractivity contribution in [1.29, 1.82) is 0 Å². The summed E-state index contributed by atoms with van der Waals surface area (Å²) >= 11 is 0. The van der Waals surface area contributed by atoms with Crippen molar-refractivity contribution >= 4 is 15.9 Å². The average molecular weight is 631 g/mol. The van der Waals surface area contributed by atoms with Gasteiger partial charge in [-0.2, -0.15) is 4.31 Å². The lowest BCUT2D eigenvalue weighted by atomic mass is 10.00. The van der Waals surface area contributed by atoms with Crippen LogP contribution in [-0.4, -0.2) is 80.6 Å². The van der Waals surface area contributed by atoms with Gasteiger partial charge in [-0.05, 0) is 79.0 Å². The Balaban J connectivity index is 1.71. The van der Waals surface area contributed by atoms with Crippen molar-refractivity contribution in [3.63, 3.8) is 0 Å². The van der Waals surface area contributed by atoms with E-state index >= 15 is 0 Å². The van der Waals surface area contributed by atoms with E-state index in [1.165, 1.54) is 41.2 Å². The van der Waals surface area contributed by atoms with E-state index in [2.05, 4.69) is 28.5 Å². The van der Waals surface area contributed by atoms with Crippen LogP contribution >= 0.6 is 0 Å². The second-order valence-corrected chi connectivity index (χ2v) is 12.9. The quantitative estimate of drug-likeness (QED) is 0.209. The van der Waals surface area contributed by atoms with Crippen LogP contribution in [0.2, 0.25) is 0 Å². The Morgan fingerprint density at radius 1 is 0.886 bits per heavy atom. The summed E-state index contributed by atoms with van der Waals surface area (Å²) in [6, 6.07) is 15.8. The number of carbonyl (C=O) groups excluding carboxylic acids is 1. The minimum Gasteiger partial charge on any atom is -0.390 e. The van der Waals surface area contributed by atoms with Crippen molar-refractivity contribution in [2.24, 2.45) is 0 Å². The molecule has 0 aliphatic heterocycles. The molecular weight excluding hydrogens is 586 g/mol. The van der Waals surface area contributed by atoms with Crippen molar-refractivity contribution in [3.8, 4) is 0 Å². The van der Waals surface area contributed by atoms with Crippen LogP contribution < -0.4 is 10.6 Å². The molecule has 0 heterocycles. The summed E-state index contributed by atoms with van der Waals surface area (Å²) in [4.78, 5) is 15.4. The highest BCUT2D eigenvalue weighted by Crippen LogP contribution is 2.17. The first-order chi connectivity index (χ1) is 21.0. The maximum Gasteiger partial charge on any atom is 0.251 e. The summed E-state index contributed by atoms with van der Waals surface area (Å²) < 4.78 is 55.3. The number of nitrogens with one attached hydrogen (secondary N) is 2. The molecule has 44 heavy (non-hydrogen) atoms. The van der Waals surface area contributed by atoms with Gasteiger partial charge in [-0.15, -0.1) is 0 Å². The Bertz CT molecular complexity index is 1450. The summed E-state index contributed by atoms with van der Waals surface area (Å²) in [6.07, 6.45) is -0.230. The summed E-state index contributed by atoms with van der Waals surface area (Å²) in [6.45, 7) is 9.26.